The molecule has 0 fully saturated rings. The van der Waals surface area contributed by atoms with Crippen molar-refractivity contribution in [2.24, 2.45) is 0 Å². The lowest BCUT2D eigenvalue weighted by Gasteiger charge is -2.14. The molecule has 4 rings (SSSR count). The van der Waals surface area contributed by atoms with Crippen LogP contribution in [0.2, 0.25) is 0 Å². The molecule has 6 heteroatoms. The van der Waals surface area contributed by atoms with E-state index >= 15 is 0 Å². The molecular formula is C21H16N2O3S. The Hall–Kier alpha value is -3.12. The van der Waals surface area contributed by atoms with Gasteiger partial charge in [0, 0.05) is 6.20 Å². The number of pyridine rings is 1. The van der Waals surface area contributed by atoms with Crippen LogP contribution >= 0.6 is 11.8 Å². The van der Waals surface area contributed by atoms with Crippen molar-refractivity contribution < 1.29 is 14.0 Å². The fourth-order valence-corrected chi connectivity index (χ4v) is 3.92. The Bertz CT molecular complexity index is 983. The lowest BCUT2D eigenvalue weighted by Crippen LogP contribution is -2.31. The molecule has 1 aliphatic rings. The zero-order valence-electron chi connectivity index (χ0n) is 14.4. The molecule has 0 atom stereocenters. The van der Waals surface area contributed by atoms with Crippen LogP contribution in [0.25, 0.3) is 5.57 Å². The van der Waals surface area contributed by atoms with Gasteiger partial charge in [0.2, 0.25) is 0 Å². The molecule has 0 bridgehead atoms. The van der Waals surface area contributed by atoms with Crippen molar-refractivity contribution in [3.8, 4) is 0 Å². The van der Waals surface area contributed by atoms with Crippen LogP contribution in [-0.2, 0) is 21.9 Å². The van der Waals surface area contributed by atoms with Crippen LogP contribution in [0.15, 0.2) is 82.4 Å². The van der Waals surface area contributed by atoms with Crippen LogP contribution in [0.1, 0.15) is 17.0 Å². The highest BCUT2D eigenvalue weighted by Gasteiger charge is 2.39. The number of rotatable bonds is 6. The summed E-state index contributed by atoms with van der Waals surface area (Å²) in [6.45, 7) is 0.152. The number of hydrogen-bond donors (Lipinski definition) is 0. The predicted octanol–water partition coefficient (Wildman–Crippen LogP) is 3.89. The highest BCUT2D eigenvalue weighted by Crippen LogP contribution is 2.38. The zero-order chi connectivity index (χ0) is 18.6. The molecule has 134 valence electrons. The number of nitrogens with zero attached hydrogens (tertiary/aromatic N) is 2. The Kier molecular flexibility index (Phi) is 4.89. The molecule has 1 aliphatic heterocycles. The van der Waals surface area contributed by atoms with Crippen molar-refractivity contribution in [2.75, 3.05) is 0 Å². The summed E-state index contributed by atoms with van der Waals surface area (Å²) in [5.74, 6) is 0.651. The van der Waals surface area contributed by atoms with E-state index in [0.717, 1.165) is 11.3 Å². The maximum Gasteiger partial charge on any atom is 0.268 e. The zero-order valence-corrected chi connectivity index (χ0v) is 15.2. The molecule has 0 unspecified atom stereocenters. The van der Waals surface area contributed by atoms with Crippen molar-refractivity contribution in [1.29, 1.82) is 0 Å². The van der Waals surface area contributed by atoms with E-state index in [-0.39, 0.29) is 18.4 Å². The molecule has 0 saturated carbocycles. The summed E-state index contributed by atoms with van der Waals surface area (Å²) in [5.41, 5.74) is 1.85. The van der Waals surface area contributed by atoms with E-state index in [2.05, 4.69) is 4.98 Å². The highest BCUT2D eigenvalue weighted by atomic mass is 32.2. The second kappa shape index (κ2) is 7.63. The molecule has 0 saturated heterocycles. The Morgan fingerprint density at radius 2 is 1.74 bits per heavy atom. The molecule has 0 aliphatic carbocycles. The van der Waals surface area contributed by atoms with E-state index in [0.29, 0.717) is 21.9 Å². The third-order valence-corrected chi connectivity index (χ3v) is 5.27. The van der Waals surface area contributed by atoms with Gasteiger partial charge in [0.1, 0.15) is 5.76 Å². The Morgan fingerprint density at radius 3 is 2.44 bits per heavy atom. The number of thioether (sulfide) groups is 1. The molecule has 2 amide bonds. The van der Waals surface area contributed by atoms with Gasteiger partial charge in [-0.3, -0.25) is 19.5 Å². The number of aromatic nitrogens is 1. The third-order valence-electron chi connectivity index (χ3n) is 4.17. The Balaban J connectivity index is 1.66. The number of hydrogen-bond acceptors (Lipinski definition) is 5. The van der Waals surface area contributed by atoms with Gasteiger partial charge in [-0.15, -0.1) is 11.8 Å². The van der Waals surface area contributed by atoms with Gasteiger partial charge in [0.25, 0.3) is 11.8 Å². The molecule has 2 aromatic heterocycles. The SMILES string of the molecule is O=C1C(SCc2ccco2)=C(c2ccccc2)C(=O)N1Cc1ccccn1. The van der Waals surface area contributed by atoms with Gasteiger partial charge in [-0.05, 0) is 29.8 Å². The lowest BCUT2D eigenvalue weighted by atomic mass is 10.1. The summed E-state index contributed by atoms with van der Waals surface area (Å²) in [6.07, 6.45) is 3.25. The first-order chi connectivity index (χ1) is 13.2. The first-order valence-electron chi connectivity index (χ1n) is 8.45. The maximum atomic E-state index is 13.1. The molecule has 1 aromatic carbocycles. The number of furan rings is 1. The smallest absolute Gasteiger partial charge is 0.268 e. The number of benzene rings is 1. The van der Waals surface area contributed by atoms with Crippen LogP contribution in [0.5, 0.6) is 0 Å². The average Bonchev–Trinajstić information content (AvgIpc) is 3.30. The van der Waals surface area contributed by atoms with Crippen molar-refractivity contribution in [3.63, 3.8) is 0 Å². The Labute approximate surface area is 160 Å². The summed E-state index contributed by atoms with van der Waals surface area (Å²) in [7, 11) is 0. The molecule has 5 nitrogen and oxygen atoms in total. The van der Waals surface area contributed by atoms with Gasteiger partial charge in [-0.2, -0.15) is 0 Å². The first kappa shape index (κ1) is 17.3. The molecule has 3 heterocycles. The van der Waals surface area contributed by atoms with Crippen LogP contribution < -0.4 is 0 Å². The van der Waals surface area contributed by atoms with Crippen LogP contribution in [0.3, 0.4) is 0 Å². The molecule has 0 radical (unpaired) electrons. The van der Waals surface area contributed by atoms with E-state index in [1.807, 2.05) is 42.5 Å². The molecule has 3 aromatic rings. The number of imide groups is 1. The van der Waals surface area contributed by atoms with Gasteiger partial charge >= 0.3 is 0 Å². The van der Waals surface area contributed by atoms with Crippen molar-refractivity contribution in [1.82, 2.24) is 9.88 Å². The first-order valence-corrected chi connectivity index (χ1v) is 9.43. The summed E-state index contributed by atoms with van der Waals surface area (Å²) in [5, 5.41) is 0. The van der Waals surface area contributed by atoms with E-state index in [4.69, 9.17) is 4.42 Å². The van der Waals surface area contributed by atoms with Crippen LogP contribution in [-0.4, -0.2) is 21.7 Å². The summed E-state index contributed by atoms with van der Waals surface area (Å²) in [6, 6.07) is 18.4. The summed E-state index contributed by atoms with van der Waals surface area (Å²) in [4.78, 5) is 32.0. The minimum atomic E-state index is -0.293. The molecule has 0 spiro atoms. The van der Waals surface area contributed by atoms with Gasteiger partial charge in [-0.1, -0.05) is 36.4 Å². The molecular weight excluding hydrogens is 360 g/mol. The van der Waals surface area contributed by atoms with Crippen LogP contribution in [0.4, 0.5) is 0 Å². The summed E-state index contributed by atoms with van der Waals surface area (Å²) >= 11 is 1.32. The number of carbonyl (C=O) groups is 2. The van der Waals surface area contributed by atoms with Gasteiger partial charge < -0.3 is 4.42 Å². The fraction of sp³-hybridized carbons (Fsp3) is 0.0952. The largest absolute Gasteiger partial charge is 0.468 e. The maximum absolute atomic E-state index is 13.1. The minimum Gasteiger partial charge on any atom is -0.468 e. The third kappa shape index (κ3) is 3.57. The van der Waals surface area contributed by atoms with Crippen molar-refractivity contribution >= 4 is 29.1 Å². The second-order valence-corrected chi connectivity index (χ2v) is 6.94. The molecule has 27 heavy (non-hydrogen) atoms. The quantitative estimate of drug-likeness (QED) is 0.611. The van der Waals surface area contributed by atoms with E-state index in [9.17, 15) is 9.59 Å². The van der Waals surface area contributed by atoms with Crippen molar-refractivity contribution in [2.45, 2.75) is 12.3 Å². The van der Waals surface area contributed by atoms with E-state index in [1.165, 1.54) is 16.7 Å². The highest BCUT2D eigenvalue weighted by molar-refractivity contribution is 8.03. The predicted molar refractivity (Wildman–Crippen MR) is 103 cm³/mol. The summed E-state index contributed by atoms with van der Waals surface area (Å²) < 4.78 is 5.36. The molecule has 0 N–H and O–H groups in total. The van der Waals surface area contributed by atoms with Crippen LogP contribution in [0, 0.1) is 0 Å². The minimum absolute atomic E-state index is 0.152. The number of amides is 2. The van der Waals surface area contributed by atoms with Gasteiger partial charge in [0.15, 0.2) is 0 Å². The second-order valence-electron chi connectivity index (χ2n) is 5.96. The lowest BCUT2D eigenvalue weighted by molar-refractivity contribution is -0.137. The van der Waals surface area contributed by atoms with E-state index < -0.39 is 0 Å². The van der Waals surface area contributed by atoms with E-state index in [1.54, 1.807) is 30.7 Å². The van der Waals surface area contributed by atoms with Gasteiger partial charge in [0.05, 0.1) is 34.7 Å². The Morgan fingerprint density at radius 1 is 0.926 bits per heavy atom. The average molecular weight is 376 g/mol. The topological polar surface area (TPSA) is 63.4 Å². The normalized spacial score (nSPS) is 14.3. The number of carbonyl (C=O) groups excluding carboxylic acids is 2. The monoisotopic (exact) mass is 376 g/mol. The fourth-order valence-electron chi connectivity index (χ4n) is 2.88. The van der Waals surface area contributed by atoms with Gasteiger partial charge in [-0.25, -0.2) is 0 Å². The standard InChI is InChI=1S/C21H16N2O3S/c24-20-18(15-7-2-1-3-8-15)19(27-14-17-10-6-12-26-17)21(25)23(20)13-16-9-4-5-11-22-16/h1-12H,13-14H2. The van der Waals surface area contributed by atoms with Crippen molar-refractivity contribution in [3.05, 3.63) is 95.0 Å².